The number of nitrogens with zero attached hydrogens (tertiary/aromatic N) is 6. The van der Waals surface area contributed by atoms with Crippen LogP contribution in [0.1, 0.15) is 0 Å². The van der Waals surface area contributed by atoms with Gasteiger partial charge in [-0.3, -0.25) is 13.5 Å². The lowest BCUT2D eigenvalue weighted by Gasteiger charge is -2.11. The van der Waals surface area contributed by atoms with Gasteiger partial charge in [0.1, 0.15) is 5.52 Å². The zero-order valence-corrected chi connectivity index (χ0v) is 21.9. The Kier molecular flexibility index (Phi) is 4.51. The van der Waals surface area contributed by atoms with Crippen LogP contribution in [0.25, 0.3) is 72.7 Å². The molecular weight excluding hydrogens is 504 g/mol. The summed E-state index contributed by atoms with van der Waals surface area (Å²) in [6.45, 7) is 0. The molecule has 6 nitrogen and oxygen atoms in total. The van der Waals surface area contributed by atoms with E-state index in [4.69, 9.17) is 15.0 Å². The van der Waals surface area contributed by atoms with Gasteiger partial charge in [0.25, 0.3) is 0 Å². The molecule has 0 aliphatic carbocycles. The van der Waals surface area contributed by atoms with Gasteiger partial charge in [0, 0.05) is 22.0 Å². The lowest BCUT2D eigenvalue weighted by Crippen LogP contribution is -2.03. The van der Waals surface area contributed by atoms with Gasteiger partial charge in [-0.1, -0.05) is 91.0 Å². The van der Waals surface area contributed by atoms with Crippen LogP contribution in [0.15, 0.2) is 133 Å². The third-order valence-corrected chi connectivity index (χ3v) is 7.86. The van der Waals surface area contributed by atoms with E-state index in [1.165, 1.54) is 0 Å². The van der Waals surface area contributed by atoms with Crippen molar-refractivity contribution in [2.24, 2.45) is 0 Å². The van der Waals surface area contributed by atoms with E-state index in [0.717, 1.165) is 66.8 Å². The second-order valence-corrected chi connectivity index (χ2v) is 10.2. The van der Waals surface area contributed by atoms with Gasteiger partial charge < -0.3 is 0 Å². The van der Waals surface area contributed by atoms with Gasteiger partial charge in [0.05, 0.1) is 22.1 Å². The first-order valence-corrected chi connectivity index (χ1v) is 13.7. The fraction of sp³-hybridized carbons (Fsp3) is 0. The van der Waals surface area contributed by atoms with Gasteiger partial charge in [0.2, 0.25) is 5.78 Å². The molecule has 0 atom stereocenters. The molecule has 0 aliphatic heterocycles. The van der Waals surface area contributed by atoms with Crippen LogP contribution in [0.5, 0.6) is 0 Å². The Labute approximate surface area is 234 Å². The Morgan fingerprint density at radius 3 is 1.90 bits per heavy atom. The molecule has 9 rings (SSSR count). The highest BCUT2D eigenvalue weighted by molar-refractivity contribution is 6.10. The molecule has 4 aromatic heterocycles. The number of hydrogen-bond acceptors (Lipinski definition) is 3. The summed E-state index contributed by atoms with van der Waals surface area (Å²) < 4.78 is 6.73. The fourth-order valence-corrected chi connectivity index (χ4v) is 6.10. The molecule has 0 saturated heterocycles. The highest BCUT2D eigenvalue weighted by Gasteiger charge is 2.25. The van der Waals surface area contributed by atoms with E-state index in [9.17, 15) is 0 Å². The molecule has 4 heterocycles. The largest absolute Gasteiger partial charge is 0.278 e. The summed E-state index contributed by atoms with van der Waals surface area (Å²) in [5, 5.41) is 2.10. The van der Waals surface area contributed by atoms with Crippen LogP contribution in [-0.2, 0) is 0 Å². The summed E-state index contributed by atoms with van der Waals surface area (Å²) in [6.07, 6.45) is 0. The predicted octanol–water partition coefficient (Wildman–Crippen LogP) is 7.99. The van der Waals surface area contributed by atoms with Crippen molar-refractivity contribution >= 4 is 49.8 Å². The Balaban J connectivity index is 1.47. The van der Waals surface area contributed by atoms with Crippen molar-refractivity contribution in [3.8, 4) is 22.9 Å². The maximum atomic E-state index is 5.38. The summed E-state index contributed by atoms with van der Waals surface area (Å²) in [5.74, 6) is 2.37. The van der Waals surface area contributed by atoms with Gasteiger partial charge in [-0.15, -0.1) is 0 Å². The monoisotopic (exact) mass is 526 g/mol. The normalized spacial score (nSPS) is 11.9. The van der Waals surface area contributed by atoms with Gasteiger partial charge >= 0.3 is 0 Å². The minimum atomic E-state index is 0.688. The van der Waals surface area contributed by atoms with E-state index < -0.39 is 0 Å². The molecule has 0 bridgehead atoms. The van der Waals surface area contributed by atoms with Crippen LogP contribution in [0, 0.1) is 0 Å². The number of hydrogen-bond donors (Lipinski definition) is 0. The Morgan fingerprint density at radius 1 is 0.463 bits per heavy atom. The van der Waals surface area contributed by atoms with Gasteiger partial charge in [0.15, 0.2) is 17.3 Å². The highest BCUT2D eigenvalue weighted by atomic mass is 15.3. The molecule has 0 aliphatic rings. The Hall–Kier alpha value is -5.75. The van der Waals surface area contributed by atoms with E-state index in [1.807, 2.05) is 36.4 Å². The molecule has 0 N–H and O–H groups in total. The quantitative estimate of drug-likeness (QED) is 0.234. The van der Waals surface area contributed by atoms with Crippen molar-refractivity contribution in [1.29, 1.82) is 0 Å². The van der Waals surface area contributed by atoms with Crippen molar-refractivity contribution < 1.29 is 0 Å². The van der Waals surface area contributed by atoms with Crippen molar-refractivity contribution in [3.05, 3.63) is 133 Å². The van der Waals surface area contributed by atoms with Crippen molar-refractivity contribution in [2.75, 3.05) is 0 Å². The average molecular weight is 527 g/mol. The first kappa shape index (κ1) is 22.1. The third-order valence-electron chi connectivity index (χ3n) is 7.86. The van der Waals surface area contributed by atoms with Crippen LogP contribution in [-0.4, -0.2) is 28.5 Å². The molecule has 0 amide bonds. The standard InChI is InChI=1S/C35H22N6/c1-3-13-23(14-4-1)32-36-27-19-9-7-17-25(27)33(37-32)41-28-20-10-8-18-26(28)31-34(41)38-35-39(24-15-5-2-6-16-24)29-21-11-12-22-30(29)40(31)35/h1-22H. The Bertz CT molecular complexity index is 2410. The summed E-state index contributed by atoms with van der Waals surface area (Å²) in [4.78, 5) is 15.5. The number of aromatic nitrogens is 6. The number of imidazole rings is 2. The van der Waals surface area contributed by atoms with E-state index in [0.29, 0.717) is 5.82 Å². The van der Waals surface area contributed by atoms with E-state index in [1.54, 1.807) is 0 Å². The molecule has 0 radical (unpaired) electrons. The van der Waals surface area contributed by atoms with Crippen LogP contribution >= 0.6 is 0 Å². The van der Waals surface area contributed by atoms with Crippen molar-refractivity contribution in [3.63, 3.8) is 0 Å². The smallest absolute Gasteiger partial charge is 0.222 e. The maximum absolute atomic E-state index is 5.38. The van der Waals surface area contributed by atoms with Crippen LogP contribution in [0.3, 0.4) is 0 Å². The summed E-state index contributed by atoms with van der Waals surface area (Å²) in [5.41, 5.74) is 8.13. The lowest BCUT2D eigenvalue weighted by molar-refractivity contribution is 1.05. The molecule has 0 unspecified atom stereocenters. The van der Waals surface area contributed by atoms with Gasteiger partial charge in [-0.2, -0.15) is 4.98 Å². The number of rotatable bonds is 3. The molecule has 5 aromatic carbocycles. The molecule has 0 fully saturated rings. The first-order chi connectivity index (χ1) is 20.4. The van der Waals surface area contributed by atoms with E-state index >= 15 is 0 Å². The van der Waals surface area contributed by atoms with Gasteiger partial charge in [-0.05, 0) is 42.5 Å². The summed E-state index contributed by atoms with van der Waals surface area (Å²) in [7, 11) is 0. The second kappa shape index (κ2) is 8.37. The molecule has 0 spiro atoms. The maximum Gasteiger partial charge on any atom is 0.222 e. The van der Waals surface area contributed by atoms with Crippen molar-refractivity contribution in [1.82, 2.24) is 28.5 Å². The molecule has 0 saturated carbocycles. The van der Waals surface area contributed by atoms with Crippen LogP contribution in [0.4, 0.5) is 0 Å². The zero-order chi connectivity index (χ0) is 26.9. The van der Waals surface area contributed by atoms with Crippen molar-refractivity contribution in [2.45, 2.75) is 0 Å². The van der Waals surface area contributed by atoms with Crippen LogP contribution < -0.4 is 0 Å². The lowest BCUT2D eigenvalue weighted by atomic mass is 10.2. The highest BCUT2D eigenvalue weighted by Crippen LogP contribution is 2.37. The minimum Gasteiger partial charge on any atom is -0.278 e. The second-order valence-electron chi connectivity index (χ2n) is 10.2. The Morgan fingerprint density at radius 2 is 1.10 bits per heavy atom. The third kappa shape index (κ3) is 3.10. The summed E-state index contributed by atoms with van der Waals surface area (Å²) >= 11 is 0. The molecule has 41 heavy (non-hydrogen) atoms. The zero-order valence-electron chi connectivity index (χ0n) is 21.9. The fourth-order valence-electron chi connectivity index (χ4n) is 6.10. The number of fused-ring (bicyclic) bond motifs is 8. The molecule has 9 aromatic rings. The van der Waals surface area contributed by atoms with Gasteiger partial charge in [-0.25, -0.2) is 9.97 Å². The average Bonchev–Trinajstić information content (AvgIpc) is 3.67. The SMILES string of the molecule is c1ccc(-c2nc(-n3c4ccccc4c4c3nc3n(-c5ccccc5)c5ccccc5n43)c3ccccc3n2)cc1. The first-order valence-electron chi connectivity index (χ1n) is 13.7. The van der Waals surface area contributed by atoms with E-state index in [2.05, 4.69) is 111 Å². The number of benzene rings is 5. The minimum absolute atomic E-state index is 0.688. The molecular formula is C35H22N6. The topological polar surface area (TPSA) is 52.9 Å². The van der Waals surface area contributed by atoms with E-state index in [-0.39, 0.29) is 0 Å². The van der Waals surface area contributed by atoms with Crippen LogP contribution in [0.2, 0.25) is 0 Å². The predicted molar refractivity (Wildman–Crippen MR) is 165 cm³/mol. The molecule has 192 valence electrons. The summed E-state index contributed by atoms with van der Waals surface area (Å²) in [6, 6.07) is 45.8. The molecule has 6 heteroatoms. The number of para-hydroxylation sites is 5.